The van der Waals surface area contributed by atoms with Gasteiger partial charge < -0.3 is 4.98 Å². The molecule has 0 saturated carbocycles. The van der Waals surface area contributed by atoms with Crippen molar-refractivity contribution in [2.24, 2.45) is 5.92 Å². The number of rotatable bonds is 6. The summed E-state index contributed by atoms with van der Waals surface area (Å²) in [5.74, 6) is 0.866. The molecule has 4 heteroatoms. The van der Waals surface area contributed by atoms with Crippen molar-refractivity contribution in [3.63, 3.8) is 0 Å². The zero-order chi connectivity index (χ0) is 15.2. The first-order valence-corrected chi connectivity index (χ1v) is 9.10. The molecule has 0 amide bonds. The number of pyridine rings is 1. The van der Waals surface area contributed by atoms with Gasteiger partial charge in [0.2, 0.25) is 0 Å². The number of thiophene rings is 1. The van der Waals surface area contributed by atoms with Crippen LogP contribution in [0.1, 0.15) is 36.1 Å². The smallest absolute Gasteiger partial charge is 0.252 e. The Morgan fingerprint density at radius 1 is 1.23 bits per heavy atom. The normalized spacial score (nSPS) is 16.9. The SMILES string of the molecule is O=c1[nH]cccc1CN1CCC(CCCc2cccs2)CC1. The predicted octanol–water partition coefficient (Wildman–Crippen LogP) is 3.67. The number of aromatic amines is 1. The van der Waals surface area contributed by atoms with Gasteiger partial charge in [-0.3, -0.25) is 9.69 Å². The molecule has 1 aliphatic rings. The third-order valence-corrected chi connectivity index (χ3v) is 5.55. The number of hydrogen-bond acceptors (Lipinski definition) is 3. The van der Waals surface area contributed by atoms with Crippen LogP contribution in [0.4, 0.5) is 0 Å². The average molecular weight is 316 g/mol. The maximum absolute atomic E-state index is 11.7. The number of piperidine rings is 1. The molecular weight excluding hydrogens is 292 g/mol. The Kier molecular flexibility index (Phi) is 5.46. The second-order valence-corrected chi connectivity index (χ2v) is 7.25. The molecule has 118 valence electrons. The number of aromatic nitrogens is 1. The van der Waals surface area contributed by atoms with Crippen molar-refractivity contribution in [3.05, 3.63) is 56.6 Å². The standard InChI is InChI=1S/C18H24N2OS/c21-18-16(5-2-10-19-18)14-20-11-8-15(9-12-20)4-1-6-17-7-3-13-22-17/h2-3,5,7,10,13,15H,1,4,6,8-9,11-12,14H2,(H,19,21). The summed E-state index contributed by atoms with van der Waals surface area (Å²) in [7, 11) is 0. The van der Waals surface area contributed by atoms with Crippen LogP contribution in [0, 0.1) is 5.92 Å². The summed E-state index contributed by atoms with van der Waals surface area (Å²) in [5.41, 5.74) is 0.944. The quantitative estimate of drug-likeness (QED) is 0.882. The molecule has 0 atom stereocenters. The van der Waals surface area contributed by atoms with Gasteiger partial charge in [0, 0.05) is 23.2 Å². The Labute approximate surface area is 136 Å². The molecule has 3 heterocycles. The number of aryl methyl sites for hydroxylation is 1. The van der Waals surface area contributed by atoms with E-state index in [0.717, 1.165) is 31.1 Å². The molecular formula is C18H24N2OS. The van der Waals surface area contributed by atoms with Gasteiger partial charge in [-0.1, -0.05) is 18.6 Å². The van der Waals surface area contributed by atoms with Crippen LogP contribution in [0.25, 0.3) is 0 Å². The third-order valence-electron chi connectivity index (χ3n) is 4.62. The summed E-state index contributed by atoms with van der Waals surface area (Å²) in [5, 5.41) is 2.17. The van der Waals surface area contributed by atoms with Gasteiger partial charge in [-0.05, 0) is 62.2 Å². The van der Waals surface area contributed by atoms with Gasteiger partial charge in [0.1, 0.15) is 0 Å². The fraction of sp³-hybridized carbons (Fsp3) is 0.500. The minimum Gasteiger partial charge on any atom is -0.329 e. The molecule has 2 aromatic rings. The molecule has 2 aromatic heterocycles. The van der Waals surface area contributed by atoms with Crippen LogP contribution < -0.4 is 5.56 Å². The molecule has 1 aliphatic heterocycles. The number of H-pyrrole nitrogens is 1. The van der Waals surface area contributed by atoms with Gasteiger partial charge in [0.15, 0.2) is 0 Å². The molecule has 0 radical (unpaired) electrons. The predicted molar refractivity (Wildman–Crippen MR) is 92.3 cm³/mol. The summed E-state index contributed by atoms with van der Waals surface area (Å²) in [4.78, 5) is 18.4. The first-order valence-electron chi connectivity index (χ1n) is 8.22. The van der Waals surface area contributed by atoms with E-state index in [1.165, 1.54) is 37.0 Å². The largest absolute Gasteiger partial charge is 0.329 e. The van der Waals surface area contributed by atoms with Crippen LogP contribution in [-0.4, -0.2) is 23.0 Å². The summed E-state index contributed by atoms with van der Waals surface area (Å²) < 4.78 is 0. The average Bonchev–Trinajstić information content (AvgIpc) is 3.05. The lowest BCUT2D eigenvalue weighted by Gasteiger charge is -2.31. The van der Waals surface area contributed by atoms with Crippen LogP contribution in [0.5, 0.6) is 0 Å². The Morgan fingerprint density at radius 3 is 2.82 bits per heavy atom. The molecule has 1 saturated heterocycles. The van der Waals surface area contributed by atoms with Crippen LogP contribution in [0.2, 0.25) is 0 Å². The van der Waals surface area contributed by atoms with Crippen LogP contribution >= 0.6 is 11.3 Å². The Bertz CT molecular complexity index is 612. The lowest BCUT2D eigenvalue weighted by atomic mass is 9.91. The van der Waals surface area contributed by atoms with E-state index in [-0.39, 0.29) is 5.56 Å². The van der Waals surface area contributed by atoms with Crippen molar-refractivity contribution >= 4 is 11.3 Å². The Hall–Kier alpha value is -1.39. The Morgan fingerprint density at radius 2 is 2.09 bits per heavy atom. The number of nitrogens with one attached hydrogen (secondary N) is 1. The molecule has 3 nitrogen and oxygen atoms in total. The monoisotopic (exact) mass is 316 g/mol. The van der Waals surface area contributed by atoms with Gasteiger partial charge >= 0.3 is 0 Å². The molecule has 0 aromatic carbocycles. The highest BCUT2D eigenvalue weighted by Gasteiger charge is 2.19. The topological polar surface area (TPSA) is 36.1 Å². The van der Waals surface area contributed by atoms with Gasteiger partial charge in [0.05, 0.1) is 0 Å². The summed E-state index contributed by atoms with van der Waals surface area (Å²) in [6.45, 7) is 3.04. The van der Waals surface area contributed by atoms with E-state index in [4.69, 9.17) is 0 Å². The fourth-order valence-electron chi connectivity index (χ4n) is 3.27. The zero-order valence-electron chi connectivity index (χ0n) is 13.0. The van der Waals surface area contributed by atoms with Crippen molar-refractivity contribution in [2.75, 3.05) is 13.1 Å². The van der Waals surface area contributed by atoms with Gasteiger partial charge in [-0.2, -0.15) is 0 Å². The number of hydrogen-bond donors (Lipinski definition) is 1. The van der Waals surface area contributed by atoms with Crippen molar-refractivity contribution in [1.82, 2.24) is 9.88 Å². The molecule has 0 unspecified atom stereocenters. The van der Waals surface area contributed by atoms with E-state index in [2.05, 4.69) is 27.4 Å². The first-order chi connectivity index (χ1) is 10.8. The third kappa shape index (κ3) is 4.31. The molecule has 0 spiro atoms. The summed E-state index contributed by atoms with van der Waals surface area (Å²) in [6.07, 6.45) is 8.13. The second-order valence-electron chi connectivity index (χ2n) is 6.22. The molecule has 0 aliphatic carbocycles. The van der Waals surface area contributed by atoms with Crippen LogP contribution in [0.15, 0.2) is 40.6 Å². The lowest BCUT2D eigenvalue weighted by molar-refractivity contribution is 0.170. The second kappa shape index (κ2) is 7.75. The highest BCUT2D eigenvalue weighted by molar-refractivity contribution is 7.09. The first kappa shape index (κ1) is 15.5. The van der Waals surface area contributed by atoms with E-state index >= 15 is 0 Å². The number of nitrogens with zero attached hydrogens (tertiary/aromatic N) is 1. The lowest BCUT2D eigenvalue weighted by Crippen LogP contribution is -2.34. The van der Waals surface area contributed by atoms with E-state index in [1.54, 1.807) is 6.20 Å². The Balaban J connectivity index is 1.39. The van der Waals surface area contributed by atoms with Crippen molar-refractivity contribution in [2.45, 2.75) is 38.6 Å². The number of likely N-dealkylation sites (tertiary alicyclic amines) is 1. The van der Waals surface area contributed by atoms with Gasteiger partial charge in [-0.15, -0.1) is 11.3 Å². The van der Waals surface area contributed by atoms with Crippen LogP contribution in [0.3, 0.4) is 0 Å². The fourth-order valence-corrected chi connectivity index (χ4v) is 4.03. The molecule has 22 heavy (non-hydrogen) atoms. The molecule has 3 rings (SSSR count). The highest BCUT2D eigenvalue weighted by Crippen LogP contribution is 2.24. The van der Waals surface area contributed by atoms with Crippen LogP contribution in [-0.2, 0) is 13.0 Å². The van der Waals surface area contributed by atoms with E-state index < -0.39 is 0 Å². The minimum absolute atomic E-state index is 0.0561. The summed E-state index contributed by atoms with van der Waals surface area (Å²) >= 11 is 1.87. The summed E-state index contributed by atoms with van der Waals surface area (Å²) in [6, 6.07) is 8.23. The van der Waals surface area contributed by atoms with E-state index in [0.29, 0.717) is 0 Å². The molecule has 1 fully saturated rings. The van der Waals surface area contributed by atoms with E-state index in [9.17, 15) is 4.79 Å². The highest BCUT2D eigenvalue weighted by atomic mass is 32.1. The van der Waals surface area contributed by atoms with Gasteiger partial charge in [0.25, 0.3) is 5.56 Å². The maximum Gasteiger partial charge on any atom is 0.252 e. The van der Waals surface area contributed by atoms with E-state index in [1.807, 2.05) is 23.5 Å². The van der Waals surface area contributed by atoms with Crippen molar-refractivity contribution < 1.29 is 0 Å². The van der Waals surface area contributed by atoms with Gasteiger partial charge in [-0.25, -0.2) is 0 Å². The van der Waals surface area contributed by atoms with Crippen molar-refractivity contribution in [3.8, 4) is 0 Å². The van der Waals surface area contributed by atoms with Crippen molar-refractivity contribution in [1.29, 1.82) is 0 Å². The molecule has 1 N–H and O–H groups in total. The maximum atomic E-state index is 11.7. The molecule has 0 bridgehead atoms. The zero-order valence-corrected chi connectivity index (χ0v) is 13.8. The minimum atomic E-state index is 0.0561.